The quantitative estimate of drug-likeness (QED) is 0.755. The first-order valence-electron chi connectivity index (χ1n) is 7.92. The first-order chi connectivity index (χ1) is 11.5. The first-order valence-corrected chi connectivity index (χ1v) is 10.3. The van der Waals surface area contributed by atoms with Gasteiger partial charge in [0, 0.05) is 19.0 Å². The van der Waals surface area contributed by atoms with Crippen molar-refractivity contribution < 1.29 is 13.2 Å². The summed E-state index contributed by atoms with van der Waals surface area (Å²) in [6.45, 7) is 0.402. The van der Waals surface area contributed by atoms with E-state index in [0.717, 1.165) is 24.8 Å². The highest BCUT2D eigenvalue weighted by Gasteiger charge is 2.27. The smallest absolute Gasteiger partial charge is 0.240 e. The van der Waals surface area contributed by atoms with Crippen molar-refractivity contribution in [3.8, 4) is 0 Å². The molecule has 1 heterocycles. The van der Waals surface area contributed by atoms with Gasteiger partial charge in [-0.2, -0.15) is 11.3 Å². The first kappa shape index (κ1) is 17.1. The predicted molar refractivity (Wildman–Crippen MR) is 94.3 cm³/mol. The molecule has 0 unspecified atom stereocenters. The van der Waals surface area contributed by atoms with E-state index in [1.54, 1.807) is 35.6 Å². The molecule has 0 spiro atoms. The molecule has 1 aromatic heterocycles. The van der Waals surface area contributed by atoms with Crippen LogP contribution in [0.1, 0.15) is 30.4 Å². The SMILES string of the molecule is O=C(CCc1ccsc1)NCc1ccc(S(=O)(=O)NC2CC2)cc1. The number of sulfonamides is 1. The molecule has 0 saturated heterocycles. The Kier molecular flexibility index (Phi) is 5.33. The standard InChI is InChI=1S/C17H20N2O3S2/c20-17(8-3-14-9-10-23-12-14)18-11-13-1-6-16(7-2-13)24(21,22)19-15-4-5-15/h1-2,6-7,9-10,12,15,19H,3-5,8,11H2,(H,18,20). The number of thiophene rings is 1. The Morgan fingerprint density at radius 2 is 1.88 bits per heavy atom. The summed E-state index contributed by atoms with van der Waals surface area (Å²) in [5.41, 5.74) is 2.05. The van der Waals surface area contributed by atoms with Crippen LogP contribution in [0, 0.1) is 0 Å². The lowest BCUT2D eigenvalue weighted by molar-refractivity contribution is -0.121. The van der Waals surface area contributed by atoms with E-state index in [9.17, 15) is 13.2 Å². The zero-order valence-electron chi connectivity index (χ0n) is 13.2. The largest absolute Gasteiger partial charge is 0.352 e. The van der Waals surface area contributed by atoms with Crippen molar-refractivity contribution in [1.82, 2.24) is 10.0 Å². The van der Waals surface area contributed by atoms with E-state index >= 15 is 0 Å². The Morgan fingerprint density at radius 3 is 2.50 bits per heavy atom. The fourth-order valence-corrected chi connectivity index (χ4v) is 4.27. The van der Waals surface area contributed by atoms with Crippen molar-refractivity contribution >= 4 is 27.3 Å². The lowest BCUT2D eigenvalue weighted by Gasteiger charge is -2.08. The fraction of sp³-hybridized carbons (Fsp3) is 0.353. The van der Waals surface area contributed by atoms with Gasteiger partial charge < -0.3 is 5.32 Å². The van der Waals surface area contributed by atoms with Crippen LogP contribution in [-0.4, -0.2) is 20.4 Å². The highest BCUT2D eigenvalue weighted by atomic mass is 32.2. The molecule has 1 aromatic carbocycles. The molecule has 2 N–H and O–H groups in total. The van der Waals surface area contributed by atoms with Crippen molar-refractivity contribution in [1.29, 1.82) is 0 Å². The summed E-state index contributed by atoms with van der Waals surface area (Å²) in [5.74, 6) is -0.00621. The van der Waals surface area contributed by atoms with Gasteiger partial charge in [0.1, 0.15) is 0 Å². The molecule has 0 aliphatic heterocycles. The highest BCUT2D eigenvalue weighted by Crippen LogP contribution is 2.22. The Balaban J connectivity index is 1.48. The summed E-state index contributed by atoms with van der Waals surface area (Å²) < 4.78 is 26.8. The highest BCUT2D eigenvalue weighted by molar-refractivity contribution is 7.89. The minimum Gasteiger partial charge on any atom is -0.352 e. The van der Waals surface area contributed by atoms with E-state index in [1.165, 1.54) is 5.56 Å². The fourth-order valence-electron chi connectivity index (χ4n) is 2.26. The van der Waals surface area contributed by atoms with E-state index < -0.39 is 10.0 Å². The summed E-state index contributed by atoms with van der Waals surface area (Å²) in [6.07, 6.45) is 3.01. The number of amides is 1. The van der Waals surface area contributed by atoms with Gasteiger partial charge >= 0.3 is 0 Å². The second kappa shape index (κ2) is 7.46. The molecule has 1 amide bonds. The van der Waals surface area contributed by atoms with Gasteiger partial charge in [-0.25, -0.2) is 13.1 Å². The molecule has 1 fully saturated rings. The number of carbonyl (C=O) groups excluding carboxylic acids is 1. The van der Waals surface area contributed by atoms with Gasteiger partial charge in [-0.15, -0.1) is 0 Å². The molecule has 0 bridgehead atoms. The van der Waals surface area contributed by atoms with Crippen LogP contribution < -0.4 is 10.0 Å². The van der Waals surface area contributed by atoms with E-state index in [1.807, 2.05) is 16.8 Å². The van der Waals surface area contributed by atoms with Crippen LogP contribution in [-0.2, 0) is 27.8 Å². The van der Waals surface area contributed by atoms with Crippen molar-refractivity contribution in [3.63, 3.8) is 0 Å². The number of aryl methyl sites for hydroxylation is 1. The van der Waals surface area contributed by atoms with Crippen LogP contribution in [0.15, 0.2) is 46.0 Å². The molecule has 24 heavy (non-hydrogen) atoms. The number of carbonyl (C=O) groups is 1. The third-order valence-electron chi connectivity index (χ3n) is 3.84. The van der Waals surface area contributed by atoms with E-state index in [-0.39, 0.29) is 16.8 Å². The monoisotopic (exact) mass is 364 g/mol. The normalized spacial score (nSPS) is 14.5. The van der Waals surface area contributed by atoms with E-state index in [0.29, 0.717) is 13.0 Å². The maximum atomic E-state index is 12.1. The maximum absolute atomic E-state index is 12.1. The predicted octanol–water partition coefficient (Wildman–Crippen LogP) is 2.44. The zero-order valence-corrected chi connectivity index (χ0v) is 14.8. The molecule has 2 aromatic rings. The molecule has 3 rings (SSSR count). The Labute approximate surface area is 146 Å². The minimum absolute atomic E-state index is 0.00621. The second-order valence-electron chi connectivity index (χ2n) is 5.95. The Morgan fingerprint density at radius 1 is 1.12 bits per heavy atom. The third kappa shape index (κ3) is 4.90. The summed E-state index contributed by atoms with van der Waals surface area (Å²) in [4.78, 5) is 12.1. The zero-order chi connectivity index (χ0) is 17.0. The number of hydrogen-bond acceptors (Lipinski definition) is 4. The van der Waals surface area contributed by atoms with E-state index in [2.05, 4.69) is 10.0 Å². The van der Waals surface area contributed by atoms with Crippen molar-refractivity contribution in [2.24, 2.45) is 0 Å². The van der Waals surface area contributed by atoms with Crippen LogP contribution >= 0.6 is 11.3 Å². The van der Waals surface area contributed by atoms with Gasteiger partial charge in [-0.1, -0.05) is 12.1 Å². The third-order valence-corrected chi connectivity index (χ3v) is 6.11. The number of benzene rings is 1. The van der Waals surface area contributed by atoms with Crippen molar-refractivity contribution in [3.05, 3.63) is 52.2 Å². The van der Waals surface area contributed by atoms with Gasteiger partial charge in [0.2, 0.25) is 15.9 Å². The molecule has 5 nitrogen and oxygen atoms in total. The molecule has 1 aliphatic rings. The van der Waals surface area contributed by atoms with Gasteiger partial charge in [-0.3, -0.25) is 4.79 Å². The number of nitrogens with one attached hydrogen (secondary N) is 2. The summed E-state index contributed by atoms with van der Waals surface area (Å²) >= 11 is 1.63. The molecule has 0 radical (unpaired) electrons. The van der Waals surface area contributed by atoms with Crippen LogP contribution in [0.2, 0.25) is 0 Å². The Bertz CT molecular complexity index is 780. The number of rotatable bonds is 8. The lowest BCUT2D eigenvalue weighted by atomic mass is 10.2. The van der Waals surface area contributed by atoms with E-state index in [4.69, 9.17) is 0 Å². The van der Waals surface area contributed by atoms with Crippen LogP contribution in [0.4, 0.5) is 0 Å². The van der Waals surface area contributed by atoms with Crippen LogP contribution in [0.25, 0.3) is 0 Å². The lowest BCUT2D eigenvalue weighted by Crippen LogP contribution is -2.26. The molecule has 0 atom stereocenters. The van der Waals surface area contributed by atoms with Crippen LogP contribution in [0.5, 0.6) is 0 Å². The van der Waals surface area contributed by atoms with Crippen molar-refractivity contribution in [2.75, 3.05) is 0 Å². The minimum atomic E-state index is -3.42. The van der Waals surface area contributed by atoms with Gasteiger partial charge in [0.05, 0.1) is 4.90 Å². The van der Waals surface area contributed by atoms with Crippen molar-refractivity contribution in [2.45, 2.75) is 43.2 Å². The van der Waals surface area contributed by atoms with Gasteiger partial charge in [0.25, 0.3) is 0 Å². The summed E-state index contributed by atoms with van der Waals surface area (Å²) in [5, 5.41) is 6.91. The maximum Gasteiger partial charge on any atom is 0.240 e. The molecule has 7 heteroatoms. The topological polar surface area (TPSA) is 75.3 Å². The van der Waals surface area contributed by atoms with Gasteiger partial charge in [-0.05, 0) is 59.3 Å². The molecule has 1 saturated carbocycles. The molecule has 1 aliphatic carbocycles. The Hall–Kier alpha value is -1.70. The molecular formula is C17H20N2O3S2. The average molecular weight is 364 g/mol. The summed E-state index contributed by atoms with van der Waals surface area (Å²) in [6, 6.07) is 8.75. The van der Waals surface area contributed by atoms with Gasteiger partial charge in [0.15, 0.2) is 0 Å². The average Bonchev–Trinajstić information content (AvgIpc) is 3.21. The molecular weight excluding hydrogens is 344 g/mol. The summed E-state index contributed by atoms with van der Waals surface area (Å²) in [7, 11) is -3.42. The second-order valence-corrected chi connectivity index (χ2v) is 8.44. The van der Waals surface area contributed by atoms with Crippen LogP contribution in [0.3, 0.4) is 0 Å². The molecule has 128 valence electrons. The number of hydrogen-bond donors (Lipinski definition) is 2.